The highest BCUT2D eigenvalue weighted by molar-refractivity contribution is 7.17. The molecule has 0 N–H and O–H groups in total. The van der Waals surface area contributed by atoms with Gasteiger partial charge in [0.05, 0.1) is 12.1 Å². The molecule has 8 heteroatoms. The normalized spacial score (nSPS) is 21.1. The van der Waals surface area contributed by atoms with Crippen molar-refractivity contribution in [3.8, 4) is 0 Å². The molecule has 1 saturated heterocycles. The maximum absolute atomic E-state index is 14.3. The number of likely N-dealkylation sites (tertiary alicyclic amines) is 1. The molecule has 1 aromatic carbocycles. The Kier molecular flexibility index (Phi) is 6.19. The van der Waals surface area contributed by atoms with Gasteiger partial charge in [0, 0.05) is 31.1 Å². The molecule has 174 valence electrons. The van der Waals surface area contributed by atoms with E-state index in [1.54, 1.807) is 29.6 Å². The minimum absolute atomic E-state index is 0.0635. The van der Waals surface area contributed by atoms with E-state index in [1.807, 2.05) is 4.90 Å². The molecule has 2 fully saturated rings. The molecule has 3 heterocycles. The molecule has 2 aromatic heterocycles. The van der Waals surface area contributed by atoms with Crippen LogP contribution >= 0.6 is 11.3 Å². The Hall–Kier alpha value is -2.74. The Bertz CT molecular complexity index is 1280. The number of halogens is 1. The molecular weight excluding hydrogens is 441 g/mol. The number of hydrogen-bond donors (Lipinski definition) is 0. The molecule has 2 aliphatic rings. The molecule has 33 heavy (non-hydrogen) atoms. The number of benzene rings is 1. The van der Waals surface area contributed by atoms with Crippen LogP contribution in [0.2, 0.25) is 0 Å². The highest BCUT2D eigenvalue weighted by atomic mass is 32.1. The average molecular weight is 470 g/mol. The van der Waals surface area contributed by atoms with Gasteiger partial charge in [-0.15, -0.1) is 11.3 Å². The van der Waals surface area contributed by atoms with E-state index >= 15 is 0 Å². The van der Waals surface area contributed by atoms with Crippen molar-refractivity contribution in [2.24, 2.45) is 11.8 Å². The number of hydrogen-bond acceptors (Lipinski definition) is 4. The number of rotatable bonds is 5. The average Bonchev–Trinajstić information content (AvgIpc) is 3.53. The van der Waals surface area contributed by atoms with Crippen LogP contribution in [0, 0.1) is 17.7 Å². The number of amides is 1. The number of nitrogens with zero attached hydrogens (tertiary/aromatic N) is 3. The summed E-state index contributed by atoms with van der Waals surface area (Å²) in [5.74, 6) is 0.146. The highest BCUT2D eigenvalue weighted by Gasteiger charge is 2.31. The lowest BCUT2D eigenvalue weighted by Crippen LogP contribution is -2.42. The monoisotopic (exact) mass is 469 g/mol. The van der Waals surface area contributed by atoms with Gasteiger partial charge < -0.3 is 4.90 Å². The van der Waals surface area contributed by atoms with Gasteiger partial charge >= 0.3 is 5.69 Å². The number of fused-ring (bicyclic) bond motifs is 1. The van der Waals surface area contributed by atoms with Crippen LogP contribution in [-0.2, 0) is 17.9 Å². The van der Waals surface area contributed by atoms with Crippen molar-refractivity contribution in [2.45, 2.75) is 51.6 Å². The van der Waals surface area contributed by atoms with Gasteiger partial charge in [0.1, 0.15) is 10.5 Å². The van der Waals surface area contributed by atoms with Gasteiger partial charge in [0.2, 0.25) is 5.91 Å². The summed E-state index contributed by atoms with van der Waals surface area (Å²) in [6.45, 7) is 2.16. The molecule has 0 radical (unpaired) electrons. The first kappa shape index (κ1) is 22.1. The Balaban J connectivity index is 1.38. The zero-order chi connectivity index (χ0) is 22.9. The first-order valence-corrected chi connectivity index (χ1v) is 12.6. The molecule has 1 aliphatic carbocycles. The predicted octanol–water partition coefficient (Wildman–Crippen LogP) is 3.84. The van der Waals surface area contributed by atoms with Crippen LogP contribution in [0.4, 0.5) is 4.39 Å². The SMILES string of the molecule is O=C(C1CCC(Cn2c(=O)c3sccc3n(Cc3ccccc3F)c2=O)CC1)N1CCCC1. The third-order valence-corrected chi connectivity index (χ3v) is 8.07. The van der Waals surface area contributed by atoms with E-state index in [9.17, 15) is 18.8 Å². The number of carbonyl (C=O) groups excluding carboxylic acids is 1. The van der Waals surface area contributed by atoms with Gasteiger partial charge in [-0.05, 0) is 62.0 Å². The largest absolute Gasteiger partial charge is 0.342 e. The fourth-order valence-electron chi connectivity index (χ4n) is 5.29. The van der Waals surface area contributed by atoms with E-state index in [2.05, 4.69) is 0 Å². The first-order valence-electron chi connectivity index (χ1n) is 11.8. The topological polar surface area (TPSA) is 64.3 Å². The standard InChI is InChI=1S/C25H28FN3O3S/c26-20-6-2-1-5-19(20)16-28-21-11-14-33-22(21)24(31)29(25(28)32)15-17-7-9-18(10-8-17)23(30)27-12-3-4-13-27/h1-2,5-6,11,14,17-18H,3-4,7-10,12-13,15-16H2. The second-order valence-electron chi connectivity index (χ2n) is 9.26. The maximum atomic E-state index is 14.3. The summed E-state index contributed by atoms with van der Waals surface area (Å²) in [7, 11) is 0. The molecule has 0 spiro atoms. The zero-order valence-electron chi connectivity index (χ0n) is 18.5. The van der Waals surface area contributed by atoms with Crippen LogP contribution < -0.4 is 11.2 Å². The van der Waals surface area contributed by atoms with Crippen molar-refractivity contribution in [3.05, 3.63) is 67.9 Å². The van der Waals surface area contributed by atoms with E-state index in [0.29, 0.717) is 22.3 Å². The smallest absolute Gasteiger partial charge is 0.331 e. The highest BCUT2D eigenvalue weighted by Crippen LogP contribution is 2.31. The molecule has 0 unspecified atom stereocenters. The third-order valence-electron chi connectivity index (χ3n) is 7.18. The van der Waals surface area contributed by atoms with Gasteiger partial charge in [-0.2, -0.15) is 0 Å². The summed E-state index contributed by atoms with van der Waals surface area (Å²) in [5.41, 5.74) is 0.294. The second kappa shape index (κ2) is 9.25. The number of aromatic nitrogens is 2. The molecule has 1 amide bonds. The van der Waals surface area contributed by atoms with Crippen molar-refractivity contribution in [3.63, 3.8) is 0 Å². The fourth-order valence-corrected chi connectivity index (χ4v) is 6.13. The minimum Gasteiger partial charge on any atom is -0.342 e. The first-order chi connectivity index (χ1) is 16.0. The molecule has 0 atom stereocenters. The van der Waals surface area contributed by atoms with Crippen LogP contribution in [0.25, 0.3) is 10.2 Å². The molecule has 6 nitrogen and oxygen atoms in total. The molecule has 0 bridgehead atoms. The van der Waals surface area contributed by atoms with E-state index in [-0.39, 0.29) is 35.7 Å². The molecule has 1 saturated carbocycles. The summed E-state index contributed by atoms with van der Waals surface area (Å²) >= 11 is 1.31. The Labute approximate surface area is 195 Å². The quantitative estimate of drug-likeness (QED) is 0.570. The van der Waals surface area contributed by atoms with Crippen LogP contribution in [0.3, 0.4) is 0 Å². The van der Waals surface area contributed by atoms with Crippen molar-refractivity contribution in [1.82, 2.24) is 14.0 Å². The van der Waals surface area contributed by atoms with E-state index < -0.39 is 5.69 Å². The second-order valence-corrected chi connectivity index (χ2v) is 10.2. The van der Waals surface area contributed by atoms with Gasteiger partial charge in [0.15, 0.2) is 0 Å². The lowest BCUT2D eigenvalue weighted by atomic mass is 9.81. The van der Waals surface area contributed by atoms with Gasteiger partial charge in [-0.3, -0.25) is 18.7 Å². The predicted molar refractivity (Wildman–Crippen MR) is 127 cm³/mol. The van der Waals surface area contributed by atoms with Crippen LogP contribution in [-0.4, -0.2) is 33.0 Å². The summed E-state index contributed by atoms with van der Waals surface area (Å²) in [5, 5.41) is 1.79. The Morgan fingerprint density at radius 3 is 2.45 bits per heavy atom. The summed E-state index contributed by atoms with van der Waals surface area (Å²) in [4.78, 5) is 41.2. The summed E-state index contributed by atoms with van der Waals surface area (Å²) < 4.78 is 17.6. The van der Waals surface area contributed by atoms with Gasteiger partial charge in [-0.1, -0.05) is 18.2 Å². The summed E-state index contributed by atoms with van der Waals surface area (Å²) in [6.07, 6.45) is 5.44. The van der Waals surface area contributed by atoms with Crippen molar-refractivity contribution in [2.75, 3.05) is 13.1 Å². The minimum atomic E-state index is -0.399. The third kappa shape index (κ3) is 4.28. The lowest BCUT2D eigenvalue weighted by molar-refractivity contribution is -0.135. The lowest BCUT2D eigenvalue weighted by Gasteiger charge is -2.30. The van der Waals surface area contributed by atoms with E-state index in [4.69, 9.17) is 0 Å². The van der Waals surface area contributed by atoms with Gasteiger partial charge in [0.25, 0.3) is 5.56 Å². The van der Waals surface area contributed by atoms with Crippen molar-refractivity contribution >= 4 is 27.5 Å². The van der Waals surface area contributed by atoms with Gasteiger partial charge in [-0.25, -0.2) is 9.18 Å². The van der Waals surface area contributed by atoms with Crippen molar-refractivity contribution < 1.29 is 9.18 Å². The summed E-state index contributed by atoms with van der Waals surface area (Å²) in [6, 6.07) is 8.15. The van der Waals surface area contributed by atoms with E-state index in [0.717, 1.165) is 51.6 Å². The number of carbonyl (C=O) groups is 1. The number of thiophene rings is 1. The van der Waals surface area contributed by atoms with Crippen molar-refractivity contribution in [1.29, 1.82) is 0 Å². The maximum Gasteiger partial charge on any atom is 0.331 e. The molecule has 3 aromatic rings. The Morgan fingerprint density at radius 2 is 1.73 bits per heavy atom. The van der Waals surface area contributed by atoms with E-state index in [1.165, 1.54) is 26.5 Å². The molecule has 5 rings (SSSR count). The Morgan fingerprint density at radius 1 is 1.00 bits per heavy atom. The fraction of sp³-hybridized carbons (Fsp3) is 0.480. The van der Waals surface area contributed by atoms with Crippen LogP contribution in [0.1, 0.15) is 44.1 Å². The zero-order valence-corrected chi connectivity index (χ0v) is 19.4. The molecular formula is C25H28FN3O3S. The van der Waals surface area contributed by atoms with Crippen LogP contribution in [0.5, 0.6) is 0 Å². The van der Waals surface area contributed by atoms with Crippen LogP contribution in [0.15, 0.2) is 45.3 Å². The molecule has 1 aliphatic heterocycles.